The standard InChI is InChI=1S/C21H27FN2O/c1-21(2,3)17-11-9-15(10-12-17)20(25)23-14-19(24(4)5)16-7-6-8-18(22)13-16/h6-13,19H,14H2,1-5H3,(H,23,25). The first kappa shape index (κ1) is 19.1. The van der Waals surface area contributed by atoms with Crippen LogP contribution in [-0.2, 0) is 5.41 Å². The van der Waals surface area contributed by atoms with Crippen LogP contribution in [0, 0.1) is 5.82 Å². The van der Waals surface area contributed by atoms with Gasteiger partial charge in [-0.1, -0.05) is 45.0 Å². The molecule has 0 radical (unpaired) electrons. The van der Waals surface area contributed by atoms with Gasteiger partial charge in [-0.25, -0.2) is 4.39 Å². The molecule has 25 heavy (non-hydrogen) atoms. The average Bonchev–Trinajstić information content (AvgIpc) is 2.54. The largest absolute Gasteiger partial charge is 0.350 e. The minimum Gasteiger partial charge on any atom is -0.350 e. The fourth-order valence-electron chi connectivity index (χ4n) is 2.73. The topological polar surface area (TPSA) is 32.3 Å². The molecule has 2 aromatic carbocycles. The monoisotopic (exact) mass is 342 g/mol. The molecule has 0 fully saturated rings. The predicted octanol–water partition coefficient (Wildman–Crippen LogP) is 4.16. The molecule has 0 aliphatic carbocycles. The second-order valence-electron chi connectivity index (χ2n) is 7.57. The number of likely N-dealkylation sites (N-methyl/N-ethyl adjacent to an activating group) is 1. The quantitative estimate of drug-likeness (QED) is 0.885. The third-order valence-electron chi connectivity index (χ3n) is 4.33. The van der Waals surface area contributed by atoms with Crippen molar-refractivity contribution in [2.24, 2.45) is 0 Å². The third kappa shape index (κ3) is 5.13. The van der Waals surface area contributed by atoms with Crippen LogP contribution in [0.5, 0.6) is 0 Å². The van der Waals surface area contributed by atoms with Gasteiger partial charge in [-0.3, -0.25) is 4.79 Å². The van der Waals surface area contributed by atoms with E-state index in [-0.39, 0.29) is 23.2 Å². The van der Waals surface area contributed by atoms with E-state index >= 15 is 0 Å². The van der Waals surface area contributed by atoms with Gasteiger partial charge in [-0.15, -0.1) is 0 Å². The van der Waals surface area contributed by atoms with Gasteiger partial charge in [0.2, 0.25) is 0 Å². The normalized spacial score (nSPS) is 12.9. The molecule has 0 aliphatic rings. The van der Waals surface area contributed by atoms with Crippen LogP contribution in [0.25, 0.3) is 0 Å². The van der Waals surface area contributed by atoms with Crippen molar-refractivity contribution in [3.8, 4) is 0 Å². The van der Waals surface area contributed by atoms with E-state index in [4.69, 9.17) is 0 Å². The molecule has 0 spiro atoms. The zero-order valence-corrected chi connectivity index (χ0v) is 15.6. The number of amides is 1. The molecular weight excluding hydrogens is 315 g/mol. The van der Waals surface area contributed by atoms with Crippen LogP contribution in [-0.4, -0.2) is 31.4 Å². The van der Waals surface area contributed by atoms with Gasteiger partial charge in [-0.05, 0) is 54.9 Å². The Labute approximate surface area is 149 Å². The number of carbonyl (C=O) groups excluding carboxylic acids is 1. The molecule has 4 heteroatoms. The molecule has 0 aliphatic heterocycles. The maximum absolute atomic E-state index is 13.5. The van der Waals surface area contributed by atoms with E-state index in [0.717, 1.165) is 5.56 Å². The lowest BCUT2D eigenvalue weighted by Crippen LogP contribution is -2.34. The van der Waals surface area contributed by atoms with E-state index in [0.29, 0.717) is 12.1 Å². The summed E-state index contributed by atoms with van der Waals surface area (Å²) in [6, 6.07) is 14.1. The lowest BCUT2D eigenvalue weighted by molar-refractivity contribution is 0.0942. The Morgan fingerprint density at radius 3 is 2.28 bits per heavy atom. The zero-order chi connectivity index (χ0) is 18.6. The minimum atomic E-state index is -0.270. The van der Waals surface area contributed by atoms with Crippen LogP contribution in [0.15, 0.2) is 48.5 Å². The highest BCUT2D eigenvalue weighted by molar-refractivity contribution is 5.94. The molecule has 2 aromatic rings. The Balaban J connectivity index is 2.06. The number of nitrogens with zero attached hydrogens (tertiary/aromatic N) is 1. The van der Waals surface area contributed by atoms with Crippen molar-refractivity contribution in [3.63, 3.8) is 0 Å². The van der Waals surface area contributed by atoms with Crippen LogP contribution >= 0.6 is 0 Å². The van der Waals surface area contributed by atoms with Gasteiger partial charge < -0.3 is 10.2 Å². The van der Waals surface area contributed by atoms with Crippen LogP contribution in [0.4, 0.5) is 4.39 Å². The van der Waals surface area contributed by atoms with Gasteiger partial charge in [0, 0.05) is 12.1 Å². The highest BCUT2D eigenvalue weighted by Crippen LogP contribution is 2.22. The summed E-state index contributed by atoms with van der Waals surface area (Å²) in [6.45, 7) is 6.84. The van der Waals surface area contributed by atoms with Gasteiger partial charge in [0.15, 0.2) is 0 Å². The minimum absolute atomic E-state index is 0.0579. The lowest BCUT2D eigenvalue weighted by atomic mass is 9.87. The zero-order valence-electron chi connectivity index (χ0n) is 15.6. The highest BCUT2D eigenvalue weighted by atomic mass is 19.1. The molecule has 0 aromatic heterocycles. The van der Waals surface area contributed by atoms with Crippen molar-refractivity contribution in [1.82, 2.24) is 10.2 Å². The molecule has 0 saturated heterocycles. The highest BCUT2D eigenvalue weighted by Gasteiger charge is 2.17. The molecule has 1 unspecified atom stereocenters. The number of benzene rings is 2. The maximum atomic E-state index is 13.5. The first-order valence-corrected chi connectivity index (χ1v) is 8.49. The number of rotatable bonds is 5. The van der Waals surface area contributed by atoms with E-state index < -0.39 is 0 Å². The molecule has 0 saturated carbocycles. The summed E-state index contributed by atoms with van der Waals surface area (Å²) in [5.74, 6) is -0.392. The van der Waals surface area contributed by atoms with Crippen LogP contribution < -0.4 is 5.32 Å². The van der Waals surface area contributed by atoms with Crippen LogP contribution in [0.1, 0.15) is 48.3 Å². The van der Waals surface area contributed by atoms with E-state index in [1.165, 1.54) is 17.7 Å². The van der Waals surface area contributed by atoms with Gasteiger partial charge in [-0.2, -0.15) is 0 Å². The number of nitrogens with one attached hydrogen (secondary N) is 1. The molecule has 0 heterocycles. The molecular formula is C21H27FN2O. The Morgan fingerprint density at radius 2 is 1.76 bits per heavy atom. The smallest absolute Gasteiger partial charge is 0.251 e. The average molecular weight is 342 g/mol. The SMILES string of the molecule is CN(C)C(CNC(=O)c1ccc(C(C)(C)C)cc1)c1cccc(F)c1. The third-order valence-corrected chi connectivity index (χ3v) is 4.33. The number of carbonyl (C=O) groups is 1. The van der Waals surface area contributed by atoms with Crippen molar-refractivity contribution in [2.45, 2.75) is 32.2 Å². The van der Waals surface area contributed by atoms with E-state index in [1.54, 1.807) is 6.07 Å². The summed E-state index contributed by atoms with van der Waals surface area (Å²) in [7, 11) is 3.83. The van der Waals surface area contributed by atoms with Crippen molar-refractivity contribution in [3.05, 3.63) is 71.0 Å². The number of hydrogen-bond acceptors (Lipinski definition) is 2. The fourth-order valence-corrected chi connectivity index (χ4v) is 2.73. The Morgan fingerprint density at radius 1 is 1.12 bits per heavy atom. The molecule has 1 atom stereocenters. The molecule has 0 bridgehead atoms. The summed E-state index contributed by atoms with van der Waals surface area (Å²) in [5, 5.41) is 2.95. The van der Waals surface area contributed by atoms with Crippen molar-refractivity contribution in [2.75, 3.05) is 20.6 Å². The number of halogens is 1. The summed E-state index contributed by atoms with van der Waals surface area (Å²) in [4.78, 5) is 14.4. The van der Waals surface area contributed by atoms with Crippen LogP contribution in [0.3, 0.4) is 0 Å². The first-order chi connectivity index (χ1) is 11.7. The van der Waals surface area contributed by atoms with Gasteiger partial charge in [0.05, 0.1) is 6.04 Å². The van der Waals surface area contributed by atoms with Gasteiger partial charge >= 0.3 is 0 Å². The van der Waals surface area contributed by atoms with E-state index in [9.17, 15) is 9.18 Å². The second kappa shape index (κ2) is 7.79. The second-order valence-corrected chi connectivity index (χ2v) is 7.57. The van der Waals surface area contributed by atoms with Crippen molar-refractivity contribution in [1.29, 1.82) is 0 Å². The molecule has 3 nitrogen and oxygen atoms in total. The van der Waals surface area contributed by atoms with Gasteiger partial charge in [0.1, 0.15) is 5.82 Å². The summed E-state index contributed by atoms with van der Waals surface area (Å²) in [6.07, 6.45) is 0. The van der Waals surface area contributed by atoms with Crippen molar-refractivity contribution >= 4 is 5.91 Å². The van der Waals surface area contributed by atoms with Crippen molar-refractivity contribution < 1.29 is 9.18 Å². The summed E-state index contributed by atoms with van der Waals surface area (Å²) in [5.41, 5.74) is 2.72. The molecule has 2 rings (SSSR count). The first-order valence-electron chi connectivity index (χ1n) is 8.49. The van der Waals surface area contributed by atoms with Crippen LogP contribution in [0.2, 0.25) is 0 Å². The van der Waals surface area contributed by atoms with E-state index in [2.05, 4.69) is 26.1 Å². The maximum Gasteiger partial charge on any atom is 0.251 e. The lowest BCUT2D eigenvalue weighted by Gasteiger charge is -2.25. The number of hydrogen-bond donors (Lipinski definition) is 1. The summed E-state index contributed by atoms with van der Waals surface area (Å²) < 4.78 is 13.5. The Hall–Kier alpha value is -2.20. The fraction of sp³-hybridized carbons (Fsp3) is 0.381. The predicted molar refractivity (Wildman–Crippen MR) is 100 cm³/mol. The molecule has 134 valence electrons. The van der Waals surface area contributed by atoms with E-state index in [1.807, 2.05) is 49.3 Å². The molecule has 1 N–H and O–H groups in total. The Kier molecular flexibility index (Phi) is 5.96. The summed E-state index contributed by atoms with van der Waals surface area (Å²) >= 11 is 0. The molecule has 1 amide bonds. The Bertz CT molecular complexity index is 717. The van der Waals surface area contributed by atoms with Gasteiger partial charge in [0.25, 0.3) is 5.91 Å².